The van der Waals surface area contributed by atoms with Crippen molar-refractivity contribution in [1.29, 1.82) is 0 Å². The van der Waals surface area contributed by atoms with Crippen LogP contribution in [-0.2, 0) is 25.7 Å². The van der Waals surface area contributed by atoms with Gasteiger partial charge in [0.05, 0.1) is 0 Å². The van der Waals surface area contributed by atoms with Crippen LogP contribution in [-0.4, -0.2) is 36.2 Å². The molecule has 2 amide bonds. The molecule has 0 aromatic heterocycles. The van der Waals surface area contributed by atoms with Crippen molar-refractivity contribution >= 4 is 18.0 Å². The van der Waals surface area contributed by atoms with Gasteiger partial charge in [-0.25, -0.2) is 9.59 Å². The molecule has 0 saturated carbocycles. The molecule has 0 aliphatic carbocycles. The number of rotatable bonds is 7. The van der Waals surface area contributed by atoms with Gasteiger partial charge in [-0.1, -0.05) is 44.2 Å². The van der Waals surface area contributed by atoms with Gasteiger partial charge in [-0.2, -0.15) is 0 Å². The molecule has 0 fully saturated rings. The molecule has 1 aromatic rings. The zero-order valence-corrected chi connectivity index (χ0v) is 15.9. The molecular weight excluding hydrogens is 336 g/mol. The van der Waals surface area contributed by atoms with Crippen molar-refractivity contribution in [3.63, 3.8) is 0 Å². The lowest BCUT2D eigenvalue weighted by molar-refractivity contribution is -0.159. The van der Waals surface area contributed by atoms with E-state index in [1.807, 2.05) is 6.07 Å². The summed E-state index contributed by atoms with van der Waals surface area (Å²) in [5, 5.41) is 2.92. The summed E-state index contributed by atoms with van der Waals surface area (Å²) in [4.78, 5) is 36.2. The molecule has 0 radical (unpaired) electrons. The molecule has 26 heavy (non-hydrogen) atoms. The quantitative estimate of drug-likeness (QED) is 0.724. The SMILES string of the molecule is [2H]N(CC(=O)N[C@H](C(=O)OC(C)(C)C)C(C)C)C(=O)OCc1ccccc1. The highest BCUT2D eigenvalue weighted by Gasteiger charge is 2.29. The number of benzene rings is 1. The minimum atomic E-state index is -0.952. The van der Waals surface area contributed by atoms with Gasteiger partial charge in [0.25, 0.3) is 0 Å². The molecule has 0 heterocycles. The molecule has 0 bridgehead atoms. The van der Waals surface area contributed by atoms with Crippen molar-refractivity contribution in [1.82, 2.24) is 10.6 Å². The Bertz CT molecular complexity index is 643. The minimum Gasteiger partial charge on any atom is -0.458 e. The average molecular weight is 365 g/mol. The summed E-state index contributed by atoms with van der Waals surface area (Å²) in [6.07, 6.45) is -0.952. The van der Waals surface area contributed by atoms with Crippen LogP contribution in [0.2, 0.25) is 1.41 Å². The summed E-state index contributed by atoms with van der Waals surface area (Å²) in [6.45, 7) is 8.18. The normalized spacial score (nSPS) is 12.8. The van der Waals surface area contributed by atoms with Gasteiger partial charge in [-0.05, 0) is 32.3 Å². The summed E-state index contributed by atoms with van der Waals surface area (Å²) < 4.78 is 17.9. The Morgan fingerprint density at radius 3 is 2.31 bits per heavy atom. The monoisotopic (exact) mass is 365 g/mol. The second-order valence-corrected chi connectivity index (χ2v) is 7.18. The molecule has 0 aliphatic rings. The molecule has 1 atom stereocenters. The second kappa shape index (κ2) is 9.79. The van der Waals surface area contributed by atoms with Gasteiger partial charge in [0.2, 0.25) is 5.91 Å². The molecule has 2 N–H and O–H groups in total. The Balaban J connectivity index is 2.54. The average Bonchev–Trinajstić information content (AvgIpc) is 2.56. The van der Waals surface area contributed by atoms with Crippen LogP contribution in [0.4, 0.5) is 4.79 Å². The van der Waals surface area contributed by atoms with Crippen LogP contribution in [0.1, 0.15) is 40.2 Å². The van der Waals surface area contributed by atoms with E-state index in [1.165, 1.54) is 0 Å². The summed E-state index contributed by atoms with van der Waals surface area (Å²) in [5.41, 5.74) is 0.0889. The smallest absolute Gasteiger partial charge is 0.407 e. The van der Waals surface area contributed by atoms with Crippen LogP contribution < -0.4 is 10.6 Å². The molecule has 0 unspecified atom stereocenters. The van der Waals surface area contributed by atoms with Crippen molar-refractivity contribution < 1.29 is 25.3 Å². The predicted molar refractivity (Wildman–Crippen MR) is 97.2 cm³/mol. The zero-order valence-electron chi connectivity index (χ0n) is 16.9. The summed E-state index contributed by atoms with van der Waals surface area (Å²) in [5.74, 6) is -1.42. The van der Waals surface area contributed by atoms with Gasteiger partial charge in [-0.3, -0.25) is 4.79 Å². The minimum absolute atomic E-state index is 0.00317. The molecule has 1 aromatic carbocycles. The zero-order chi connectivity index (χ0) is 20.6. The van der Waals surface area contributed by atoms with E-state index in [2.05, 4.69) is 5.32 Å². The van der Waals surface area contributed by atoms with Crippen LogP contribution in [0.3, 0.4) is 0 Å². The van der Waals surface area contributed by atoms with Gasteiger partial charge < -0.3 is 20.1 Å². The molecule has 144 valence electrons. The largest absolute Gasteiger partial charge is 0.458 e. The summed E-state index contributed by atoms with van der Waals surface area (Å²) in [7, 11) is 0. The van der Waals surface area contributed by atoms with E-state index in [9.17, 15) is 14.4 Å². The summed E-state index contributed by atoms with van der Waals surface area (Å²) >= 11 is 0. The van der Waals surface area contributed by atoms with E-state index in [4.69, 9.17) is 10.9 Å². The van der Waals surface area contributed by atoms with Crippen molar-refractivity contribution in [3.05, 3.63) is 35.9 Å². The Hall–Kier alpha value is -2.57. The lowest BCUT2D eigenvalue weighted by Crippen LogP contribution is -2.50. The number of amides is 2. The number of ether oxygens (including phenoxy) is 2. The van der Waals surface area contributed by atoms with Gasteiger partial charge in [-0.15, -0.1) is 0 Å². The maximum absolute atomic E-state index is 12.2. The number of carbonyl (C=O) groups is 3. The topological polar surface area (TPSA) is 93.7 Å². The summed E-state index contributed by atoms with van der Waals surface area (Å²) in [6, 6.07) is 8.13. The van der Waals surface area contributed by atoms with E-state index in [1.54, 1.807) is 58.9 Å². The molecule has 7 heteroatoms. The van der Waals surface area contributed by atoms with Crippen LogP contribution in [0.25, 0.3) is 0 Å². The number of hydrogen-bond donors (Lipinski definition) is 2. The van der Waals surface area contributed by atoms with Crippen molar-refractivity contribution in [2.45, 2.75) is 52.9 Å². The Kier molecular flexibility index (Phi) is 7.44. The second-order valence-electron chi connectivity index (χ2n) is 7.18. The Morgan fingerprint density at radius 1 is 1.15 bits per heavy atom. The predicted octanol–water partition coefficient (Wildman–Crippen LogP) is 2.40. The third kappa shape index (κ3) is 8.50. The van der Waals surface area contributed by atoms with E-state index in [0.717, 1.165) is 5.56 Å². The first kappa shape index (κ1) is 19.8. The highest BCUT2D eigenvalue weighted by Crippen LogP contribution is 2.12. The molecule has 0 saturated heterocycles. The van der Waals surface area contributed by atoms with Crippen molar-refractivity contribution in [3.8, 4) is 0 Å². The van der Waals surface area contributed by atoms with Crippen molar-refractivity contribution in [2.75, 3.05) is 6.54 Å². The van der Waals surface area contributed by atoms with Crippen molar-refractivity contribution in [2.24, 2.45) is 5.92 Å². The van der Waals surface area contributed by atoms with Gasteiger partial charge in [0.1, 0.15) is 24.8 Å². The number of alkyl carbamates (subject to hydrolysis) is 1. The molecule has 0 aliphatic heterocycles. The fourth-order valence-electron chi connectivity index (χ4n) is 1.98. The van der Waals surface area contributed by atoms with E-state index >= 15 is 0 Å². The first-order chi connectivity index (χ1) is 12.5. The van der Waals surface area contributed by atoms with Crippen LogP contribution in [0.15, 0.2) is 30.3 Å². The lowest BCUT2D eigenvalue weighted by Gasteiger charge is -2.26. The molecule has 0 spiro atoms. The third-order valence-corrected chi connectivity index (χ3v) is 3.20. The maximum atomic E-state index is 12.2. The third-order valence-electron chi connectivity index (χ3n) is 3.20. The van der Waals surface area contributed by atoms with E-state index in [0.29, 0.717) is 5.31 Å². The van der Waals surface area contributed by atoms with E-state index < -0.39 is 36.2 Å². The number of esters is 1. The fraction of sp³-hybridized carbons (Fsp3) is 0.526. The Morgan fingerprint density at radius 2 is 1.77 bits per heavy atom. The number of carbonyl (C=O) groups excluding carboxylic acids is 3. The maximum Gasteiger partial charge on any atom is 0.407 e. The van der Waals surface area contributed by atoms with E-state index in [-0.39, 0.29) is 12.5 Å². The number of hydrogen-bond acceptors (Lipinski definition) is 5. The standard InChI is InChI=1S/C19H28N2O5/c1-13(2)16(17(23)26-19(3,4)5)21-15(22)11-20-18(24)25-12-14-9-7-6-8-10-14/h6-10,13,16H,11-12H2,1-5H3,(H,20,24)(H,21,22)/t16-/m0/s1/i/hD. The van der Waals surface area contributed by atoms with Crippen LogP contribution in [0.5, 0.6) is 0 Å². The van der Waals surface area contributed by atoms with Gasteiger partial charge in [0.15, 0.2) is 1.41 Å². The highest BCUT2D eigenvalue weighted by atomic mass is 16.6. The first-order valence-electron chi connectivity index (χ1n) is 8.93. The molecular formula is C19H28N2O5. The van der Waals surface area contributed by atoms with Crippen LogP contribution >= 0.6 is 0 Å². The Labute approximate surface area is 155 Å². The first-order valence-corrected chi connectivity index (χ1v) is 8.49. The lowest BCUT2D eigenvalue weighted by atomic mass is 10.0. The fourth-order valence-corrected chi connectivity index (χ4v) is 1.98. The molecule has 1 rings (SSSR count). The van der Waals surface area contributed by atoms with Gasteiger partial charge >= 0.3 is 12.1 Å². The highest BCUT2D eigenvalue weighted by molar-refractivity contribution is 5.87. The van der Waals surface area contributed by atoms with Crippen LogP contribution in [0, 0.1) is 5.92 Å². The number of nitrogens with one attached hydrogen (secondary N) is 2. The molecule has 7 nitrogen and oxygen atoms in total. The van der Waals surface area contributed by atoms with Gasteiger partial charge in [0, 0.05) is 0 Å².